The summed E-state index contributed by atoms with van der Waals surface area (Å²) in [5.74, 6) is 0.617. The molecule has 2 aromatic rings. The van der Waals surface area contributed by atoms with Gasteiger partial charge in [0.15, 0.2) is 0 Å². The Morgan fingerprint density at radius 2 is 1.92 bits per heavy atom. The highest BCUT2D eigenvalue weighted by Gasteiger charge is 2.22. The fraction of sp³-hybridized carbons (Fsp3) is 0.435. The van der Waals surface area contributed by atoms with Crippen molar-refractivity contribution in [2.75, 3.05) is 19.6 Å². The molecular formula is C23H29N3. The monoisotopic (exact) mass is 347 g/mol. The molecule has 1 aromatic heterocycles. The molecule has 0 unspecified atom stereocenters. The van der Waals surface area contributed by atoms with Gasteiger partial charge in [0.1, 0.15) is 0 Å². The van der Waals surface area contributed by atoms with Crippen LogP contribution in [0.3, 0.4) is 0 Å². The summed E-state index contributed by atoms with van der Waals surface area (Å²) in [7, 11) is 0. The summed E-state index contributed by atoms with van der Waals surface area (Å²) in [6.07, 6.45) is 13.1. The molecule has 2 heterocycles. The SMILES string of the molecule is Cc1ccc(-c2cc(C3CCN(CCC4=CCCC=C4)CC3)[nH]n2)cc1. The highest BCUT2D eigenvalue weighted by atomic mass is 15.1. The van der Waals surface area contributed by atoms with Crippen molar-refractivity contribution in [3.63, 3.8) is 0 Å². The van der Waals surface area contributed by atoms with Crippen molar-refractivity contribution in [3.8, 4) is 11.3 Å². The first-order valence-electron chi connectivity index (χ1n) is 9.98. The van der Waals surface area contributed by atoms with Crippen LogP contribution in [0.4, 0.5) is 0 Å². The Morgan fingerprint density at radius 3 is 2.65 bits per heavy atom. The average molecular weight is 348 g/mol. The number of H-pyrrole nitrogens is 1. The fourth-order valence-corrected chi connectivity index (χ4v) is 4.03. The van der Waals surface area contributed by atoms with Crippen LogP contribution in [0.5, 0.6) is 0 Å². The van der Waals surface area contributed by atoms with E-state index < -0.39 is 0 Å². The van der Waals surface area contributed by atoms with Crippen molar-refractivity contribution in [1.29, 1.82) is 0 Å². The lowest BCUT2D eigenvalue weighted by molar-refractivity contribution is 0.213. The minimum Gasteiger partial charge on any atom is -0.303 e. The zero-order valence-corrected chi connectivity index (χ0v) is 15.7. The molecule has 26 heavy (non-hydrogen) atoms. The van der Waals surface area contributed by atoms with E-state index >= 15 is 0 Å². The van der Waals surface area contributed by atoms with Crippen LogP contribution in [-0.4, -0.2) is 34.7 Å². The molecule has 0 atom stereocenters. The van der Waals surface area contributed by atoms with E-state index in [1.807, 2.05) is 0 Å². The fourth-order valence-electron chi connectivity index (χ4n) is 4.03. The summed E-state index contributed by atoms with van der Waals surface area (Å²) in [6, 6.07) is 10.9. The van der Waals surface area contributed by atoms with Gasteiger partial charge in [0.05, 0.1) is 5.69 Å². The van der Waals surface area contributed by atoms with Gasteiger partial charge in [-0.15, -0.1) is 0 Å². The minimum absolute atomic E-state index is 0.617. The van der Waals surface area contributed by atoms with E-state index in [1.54, 1.807) is 0 Å². The third kappa shape index (κ3) is 4.16. The molecule has 1 fully saturated rings. The van der Waals surface area contributed by atoms with Gasteiger partial charge in [0.25, 0.3) is 0 Å². The highest BCUT2D eigenvalue weighted by molar-refractivity contribution is 5.59. The molecule has 1 aromatic carbocycles. The number of aryl methyl sites for hydroxylation is 1. The van der Waals surface area contributed by atoms with Crippen molar-refractivity contribution in [1.82, 2.24) is 15.1 Å². The highest BCUT2D eigenvalue weighted by Crippen LogP contribution is 2.29. The Balaban J connectivity index is 1.30. The van der Waals surface area contributed by atoms with Gasteiger partial charge in [-0.3, -0.25) is 5.10 Å². The smallest absolute Gasteiger partial charge is 0.0923 e. The molecule has 0 radical (unpaired) electrons. The Bertz CT molecular complexity index is 774. The number of aromatic amines is 1. The van der Waals surface area contributed by atoms with Crippen LogP contribution in [0.2, 0.25) is 0 Å². The lowest BCUT2D eigenvalue weighted by Crippen LogP contribution is -2.33. The predicted octanol–water partition coefficient (Wildman–Crippen LogP) is 5.23. The van der Waals surface area contributed by atoms with Crippen LogP contribution in [0, 0.1) is 6.92 Å². The largest absolute Gasteiger partial charge is 0.303 e. The lowest BCUT2D eigenvalue weighted by atomic mass is 9.92. The van der Waals surface area contributed by atoms with E-state index in [9.17, 15) is 0 Å². The summed E-state index contributed by atoms with van der Waals surface area (Å²) in [5, 5.41) is 7.85. The molecule has 3 nitrogen and oxygen atoms in total. The number of nitrogens with zero attached hydrogens (tertiary/aromatic N) is 2. The number of rotatable bonds is 5. The van der Waals surface area contributed by atoms with E-state index in [1.165, 1.54) is 74.1 Å². The second-order valence-corrected chi connectivity index (χ2v) is 7.70. The standard InChI is InChI=1S/C23H29N3/c1-18-7-9-20(10-8-18)22-17-23(25-24-22)21-12-15-26(16-13-21)14-11-19-5-3-2-4-6-19/h3,5-10,17,21H,2,4,11-16H2,1H3,(H,24,25). The van der Waals surface area contributed by atoms with Gasteiger partial charge < -0.3 is 4.90 Å². The van der Waals surface area contributed by atoms with E-state index in [-0.39, 0.29) is 0 Å². The summed E-state index contributed by atoms with van der Waals surface area (Å²) < 4.78 is 0. The van der Waals surface area contributed by atoms with Gasteiger partial charge in [-0.25, -0.2) is 0 Å². The van der Waals surface area contributed by atoms with Crippen LogP contribution in [-0.2, 0) is 0 Å². The molecule has 0 spiro atoms. The first kappa shape index (κ1) is 17.3. The molecule has 2 aliphatic rings. The maximum Gasteiger partial charge on any atom is 0.0923 e. The second-order valence-electron chi connectivity index (χ2n) is 7.70. The molecule has 1 N–H and O–H groups in total. The van der Waals surface area contributed by atoms with E-state index in [4.69, 9.17) is 0 Å². The first-order chi connectivity index (χ1) is 12.8. The molecule has 0 bridgehead atoms. The molecule has 0 saturated carbocycles. The average Bonchev–Trinajstić information content (AvgIpc) is 3.18. The van der Waals surface area contributed by atoms with Crippen LogP contribution < -0.4 is 0 Å². The van der Waals surface area contributed by atoms with Crippen molar-refractivity contribution in [2.24, 2.45) is 0 Å². The Hall–Kier alpha value is -2.13. The second kappa shape index (κ2) is 8.05. The molecule has 4 rings (SSSR count). The van der Waals surface area contributed by atoms with Crippen molar-refractivity contribution >= 4 is 0 Å². The lowest BCUT2D eigenvalue weighted by Gasteiger charge is -2.31. The van der Waals surface area contributed by atoms with Gasteiger partial charge in [-0.1, -0.05) is 53.6 Å². The van der Waals surface area contributed by atoms with Crippen molar-refractivity contribution in [3.05, 3.63) is 65.4 Å². The number of likely N-dealkylation sites (tertiary alicyclic amines) is 1. The maximum atomic E-state index is 4.55. The molecular weight excluding hydrogens is 318 g/mol. The normalized spacial score (nSPS) is 18.9. The van der Waals surface area contributed by atoms with E-state index in [0.29, 0.717) is 5.92 Å². The zero-order chi connectivity index (χ0) is 17.8. The van der Waals surface area contributed by atoms with Crippen LogP contribution in [0.15, 0.2) is 54.1 Å². The topological polar surface area (TPSA) is 31.9 Å². The third-order valence-electron chi connectivity index (χ3n) is 5.76. The summed E-state index contributed by atoms with van der Waals surface area (Å²) in [4.78, 5) is 2.62. The molecule has 0 amide bonds. The molecule has 136 valence electrons. The number of hydrogen-bond donors (Lipinski definition) is 1. The van der Waals surface area contributed by atoms with Crippen molar-refractivity contribution < 1.29 is 0 Å². The third-order valence-corrected chi connectivity index (χ3v) is 5.76. The molecule has 1 aliphatic heterocycles. The number of hydrogen-bond acceptors (Lipinski definition) is 2. The minimum atomic E-state index is 0.617. The molecule has 3 heteroatoms. The van der Waals surface area contributed by atoms with Gasteiger partial charge >= 0.3 is 0 Å². The van der Waals surface area contributed by atoms with Gasteiger partial charge in [-0.2, -0.15) is 5.10 Å². The van der Waals surface area contributed by atoms with Gasteiger partial charge in [-0.05, 0) is 58.2 Å². The maximum absolute atomic E-state index is 4.55. The number of benzene rings is 1. The quantitative estimate of drug-likeness (QED) is 0.803. The van der Waals surface area contributed by atoms with E-state index in [2.05, 4.69) is 70.6 Å². The number of nitrogens with one attached hydrogen (secondary N) is 1. The van der Waals surface area contributed by atoms with Crippen LogP contribution >= 0.6 is 0 Å². The summed E-state index contributed by atoms with van der Waals surface area (Å²) >= 11 is 0. The van der Waals surface area contributed by atoms with Crippen LogP contribution in [0.1, 0.15) is 49.3 Å². The predicted molar refractivity (Wildman–Crippen MR) is 108 cm³/mol. The Morgan fingerprint density at radius 1 is 1.12 bits per heavy atom. The summed E-state index contributed by atoms with van der Waals surface area (Å²) in [6.45, 7) is 5.70. The van der Waals surface area contributed by atoms with Crippen molar-refractivity contribution in [2.45, 2.75) is 44.9 Å². The number of aromatic nitrogens is 2. The van der Waals surface area contributed by atoms with Gasteiger partial charge in [0.2, 0.25) is 0 Å². The molecule has 1 saturated heterocycles. The Kier molecular flexibility index (Phi) is 5.35. The van der Waals surface area contributed by atoms with Crippen LogP contribution in [0.25, 0.3) is 11.3 Å². The van der Waals surface area contributed by atoms with Gasteiger partial charge in [0, 0.05) is 23.7 Å². The zero-order valence-electron chi connectivity index (χ0n) is 15.7. The van der Waals surface area contributed by atoms with E-state index in [0.717, 1.165) is 5.69 Å². The first-order valence-corrected chi connectivity index (χ1v) is 9.98. The Labute approximate surface area is 156 Å². The molecule has 1 aliphatic carbocycles. The number of allylic oxidation sites excluding steroid dienone is 3. The summed E-state index contributed by atoms with van der Waals surface area (Å²) in [5.41, 5.74) is 6.38. The number of piperidine rings is 1.